The lowest BCUT2D eigenvalue weighted by molar-refractivity contribution is -0.140. The van der Waals surface area contributed by atoms with Gasteiger partial charge in [-0.15, -0.1) is 0 Å². The SMILES string of the molecule is C=C(C#N)C(=O)OCCOCCF. The summed E-state index contributed by atoms with van der Waals surface area (Å²) in [5, 5.41) is 8.21. The lowest BCUT2D eigenvalue weighted by atomic mass is 10.3. The maximum Gasteiger partial charge on any atom is 0.348 e. The third-order valence-corrected chi connectivity index (χ3v) is 1.06. The van der Waals surface area contributed by atoms with Gasteiger partial charge in [-0.25, -0.2) is 9.18 Å². The predicted molar refractivity (Wildman–Crippen MR) is 42.5 cm³/mol. The Kier molecular flexibility index (Phi) is 6.46. The molecule has 0 aliphatic heterocycles. The summed E-state index contributed by atoms with van der Waals surface area (Å²) in [5.41, 5.74) is -0.259. The number of alkyl halides is 1. The van der Waals surface area contributed by atoms with Crippen LogP contribution in [0.25, 0.3) is 0 Å². The van der Waals surface area contributed by atoms with Crippen molar-refractivity contribution in [2.24, 2.45) is 0 Å². The molecule has 0 N–H and O–H groups in total. The number of rotatable bonds is 6. The van der Waals surface area contributed by atoms with Crippen LogP contribution in [0, 0.1) is 11.3 Å². The largest absolute Gasteiger partial charge is 0.459 e. The second-order valence-corrected chi connectivity index (χ2v) is 2.03. The molecule has 5 heteroatoms. The molecule has 0 saturated heterocycles. The van der Waals surface area contributed by atoms with Crippen LogP contribution in [0.2, 0.25) is 0 Å². The van der Waals surface area contributed by atoms with Crippen LogP contribution >= 0.6 is 0 Å². The number of nitriles is 1. The molecule has 0 aliphatic carbocycles. The quantitative estimate of drug-likeness (QED) is 0.264. The molecule has 0 amide bonds. The number of ether oxygens (including phenoxy) is 2. The van der Waals surface area contributed by atoms with E-state index in [4.69, 9.17) is 5.26 Å². The van der Waals surface area contributed by atoms with Crippen molar-refractivity contribution in [2.75, 3.05) is 26.5 Å². The minimum Gasteiger partial charge on any atom is -0.459 e. The first kappa shape index (κ1) is 11.6. The normalized spacial score (nSPS) is 8.92. The molecule has 0 spiro atoms. The zero-order valence-corrected chi connectivity index (χ0v) is 7.09. The van der Waals surface area contributed by atoms with Crippen molar-refractivity contribution in [1.82, 2.24) is 0 Å². The Bertz CT molecular complexity index is 222. The van der Waals surface area contributed by atoms with Gasteiger partial charge in [0, 0.05) is 0 Å². The van der Waals surface area contributed by atoms with Gasteiger partial charge >= 0.3 is 5.97 Å². The van der Waals surface area contributed by atoms with Gasteiger partial charge in [0.05, 0.1) is 13.2 Å². The lowest BCUT2D eigenvalue weighted by Gasteiger charge is -2.02. The highest BCUT2D eigenvalue weighted by atomic mass is 19.1. The van der Waals surface area contributed by atoms with Crippen molar-refractivity contribution in [3.63, 3.8) is 0 Å². The Morgan fingerprint density at radius 1 is 1.46 bits per heavy atom. The van der Waals surface area contributed by atoms with Crippen molar-refractivity contribution >= 4 is 5.97 Å². The summed E-state index contributed by atoms with van der Waals surface area (Å²) < 4.78 is 20.7. The number of hydrogen-bond acceptors (Lipinski definition) is 4. The molecule has 0 heterocycles. The second-order valence-electron chi connectivity index (χ2n) is 2.03. The van der Waals surface area contributed by atoms with Gasteiger partial charge < -0.3 is 9.47 Å². The van der Waals surface area contributed by atoms with Crippen LogP contribution in [-0.4, -0.2) is 32.5 Å². The van der Waals surface area contributed by atoms with Crippen LogP contribution in [0.3, 0.4) is 0 Å². The lowest BCUT2D eigenvalue weighted by Crippen LogP contribution is -2.12. The summed E-state index contributed by atoms with van der Waals surface area (Å²) in [4.78, 5) is 10.7. The van der Waals surface area contributed by atoms with Gasteiger partial charge in [-0.05, 0) is 0 Å². The highest BCUT2D eigenvalue weighted by molar-refractivity contribution is 5.91. The highest BCUT2D eigenvalue weighted by Gasteiger charge is 2.05. The average Bonchev–Trinajstić information content (AvgIpc) is 2.16. The van der Waals surface area contributed by atoms with Gasteiger partial charge in [-0.2, -0.15) is 5.26 Å². The van der Waals surface area contributed by atoms with E-state index in [-0.39, 0.29) is 25.4 Å². The Balaban J connectivity index is 3.39. The zero-order valence-electron chi connectivity index (χ0n) is 7.09. The molecular weight excluding hydrogens is 177 g/mol. The summed E-state index contributed by atoms with van der Waals surface area (Å²) in [6.45, 7) is 2.68. The molecule has 13 heavy (non-hydrogen) atoms. The van der Waals surface area contributed by atoms with Crippen molar-refractivity contribution < 1.29 is 18.7 Å². The first-order valence-corrected chi connectivity index (χ1v) is 3.62. The summed E-state index contributed by atoms with van der Waals surface area (Å²) in [7, 11) is 0. The number of hydrogen-bond donors (Lipinski definition) is 0. The highest BCUT2D eigenvalue weighted by Crippen LogP contribution is 1.91. The maximum atomic E-state index is 11.5. The van der Waals surface area contributed by atoms with Crippen molar-refractivity contribution in [1.29, 1.82) is 5.26 Å². The van der Waals surface area contributed by atoms with E-state index >= 15 is 0 Å². The maximum absolute atomic E-state index is 11.5. The molecule has 0 aromatic rings. The molecular formula is C8H10FNO3. The van der Waals surface area contributed by atoms with Gasteiger partial charge in [0.2, 0.25) is 0 Å². The number of nitrogens with zero attached hydrogens (tertiary/aromatic N) is 1. The van der Waals surface area contributed by atoms with Crippen molar-refractivity contribution in [2.45, 2.75) is 0 Å². The fourth-order valence-corrected chi connectivity index (χ4v) is 0.483. The second kappa shape index (κ2) is 7.25. The van der Waals surface area contributed by atoms with E-state index < -0.39 is 12.6 Å². The topological polar surface area (TPSA) is 59.3 Å². The Hall–Kier alpha value is -1.41. The molecule has 0 rings (SSSR count). The van der Waals surface area contributed by atoms with Crippen LogP contribution in [0.1, 0.15) is 0 Å². The fourth-order valence-electron chi connectivity index (χ4n) is 0.483. The van der Waals surface area contributed by atoms with E-state index in [0.717, 1.165) is 0 Å². The number of carbonyl (C=O) groups excluding carboxylic acids is 1. The average molecular weight is 187 g/mol. The van der Waals surface area contributed by atoms with E-state index in [9.17, 15) is 9.18 Å². The number of esters is 1. The Morgan fingerprint density at radius 2 is 2.15 bits per heavy atom. The Morgan fingerprint density at radius 3 is 2.69 bits per heavy atom. The van der Waals surface area contributed by atoms with Crippen LogP contribution in [-0.2, 0) is 14.3 Å². The van der Waals surface area contributed by atoms with E-state index in [1.807, 2.05) is 0 Å². The van der Waals surface area contributed by atoms with Crippen LogP contribution in [0.5, 0.6) is 0 Å². The van der Waals surface area contributed by atoms with Gasteiger partial charge in [0.25, 0.3) is 0 Å². The van der Waals surface area contributed by atoms with E-state index in [2.05, 4.69) is 16.1 Å². The molecule has 0 saturated carbocycles. The summed E-state index contributed by atoms with van der Waals surface area (Å²) in [6, 6.07) is 1.55. The molecule has 0 aliphatic rings. The smallest absolute Gasteiger partial charge is 0.348 e. The van der Waals surface area contributed by atoms with E-state index in [1.54, 1.807) is 6.07 Å². The van der Waals surface area contributed by atoms with E-state index in [0.29, 0.717) is 0 Å². The fraction of sp³-hybridized carbons (Fsp3) is 0.500. The molecule has 0 atom stereocenters. The summed E-state index contributed by atoms with van der Waals surface area (Å²) in [6.07, 6.45) is 0. The molecule has 0 aromatic heterocycles. The third-order valence-electron chi connectivity index (χ3n) is 1.06. The van der Waals surface area contributed by atoms with Crippen molar-refractivity contribution in [3.05, 3.63) is 12.2 Å². The number of carbonyl (C=O) groups is 1. The van der Waals surface area contributed by atoms with Crippen LogP contribution in [0.4, 0.5) is 4.39 Å². The third kappa shape index (κ3) is 5.82. The predicted octanol–water partition coefficient (Wildman–Crippen LogP) is 0.595. The monoisotopic (exact) mass is 187 g/mol. The molecule has 72 valence electrons. The molecule has 0 fully saturated rings. The van der Waals surface area contributed by atoms with Gasteiger partial charge in [0.1, 0.15) is 24.9 Å². The summed E-state index contributed by atoms with van der Waals surface area (Å²) in [5.74, 6) is -0.772. The minimum atomic E-state index is -0.772. The van der Waals surface area contributed by atoms with Crippen molar-refractivity contribution in [3.8, 4) is 6.07 Å². The zero-order chi connectivity index (χ0) is 10.1. The first-order chi connectivity index (χ1) is 6.22. The first-order valence-electron chi connectivity index (χ1n) is 3.62. The van der Waals surface area contributed by atoms with E-state index in [1.165, 1.54) is 0 Å². The van der Waals surface area contributed by atoms with Crippen LogP contribution in [0.15, 0.2) is 12.2 Å². The molecule has 0 unspecified atom stereocenters. The minimum absolute atomic E-state index is 0.000463. The van der Waals surface area contributed by atoms with Gasteiger partial charge in [0.15, 0.2) is 0 Å². The van der Waals surface area contributed by atoms with Crippen LogP contribution < -0.4 is 0 Å². The molecule has 4 nitrogen and oxygen atoms in total. The van der Waals surface area contributed by atoms with Gasteiger partial charge in [-0.3, -0.25) is 0 Å². The molecule has 0 radical (unpaired) electrons. The van der Waals surface area contributed by atoms with Gasteiger partial charge in [-0.1, -0.05) is 6.58 Å². The Labute approximate surface area is 75.6 Å². The standard InChI is InChI=1S/C8H10FNO3/c1-7(6-10)8(11)13-5-4-12-3-2-9/h1-5H2. The molecule has 0 aromatic carbocycles. The molecule has 0 bridgehead atoms. The number of halogens is 1. The summed E-state index contributed by atoms with van der Waals surface area (Å²) >= 11 is 0.